The van der Waals surface area contributed by atoms with Gasteiger partial charge in [-0.1, -0.05) is 0 Å². The number of nitrogens with two attached hydrogens (primary N) is 1. The molecule has 0 radical (unpaired) electrons. The SMILES string of the molecule is CC1CN(c2cc(C(=N)N)ccn2)CCN1C. The zero-order chi connectivity index (χ0) is 12.4. The van der Waals surface area contributed by atoms with Crippen LogP contribution in [0.3, 0.4) is 0 Å². The van der Waals surface area contributed by atoms with E-state index < -0.39 is 0 Å². The van der Waals surface area contributed by atoms with Gasteiger partial charge in [-0.15, -0.1) is 0 Å². The van der Waals surface area contributed by atoms with Crippen LogP contribution in [0.15, 0.2) is 18.3 Å². The first-order chi connectivity index (χ1) is 8.08. The van der Waals surface area contributed by atoms with Crippen molar-refractivity contribution < 1.29 is 0 Å². The van der Waals surface area contributed by atoms with E-state index in [-0.39, 0.29) is 5.84 Å². The number of pyridine rings is 1. The molecule has 1 aliphatic heterocycles. The van der Waals surface area contributed by atoms with Gasteiger partial charge in [0.05, 0.1) is 0 Å². The van der Waals surface area contributed by atoms with Crippen LogP contribution >= 0.6 is 0 Å². The first-order valence-electron chi connectivity index (χ1n) is 5.83. The maximum atomic E-state index is 7.44. The minimum absolute atomic E-state index is 0.0934. The molecule has 1 atom stereocenters. The Bertz CT molecular complexity index is 417. The lowest BCUT2D eigenvalue weighted by molar-refractivity contribution is 0.233. The number of nitrogens with one attached hydrogen (secondary N) is 1. The average molecular weight is 233 g/mol. The molecule has 0 spiro atoms. The Hall–Kier alpha value is -1.62. The second-order valence-corrected chi connectivity index (χ2v) is 4.59. The van der Waals surface area contributed by atoms with Crippen molar-refractivity contribution in [1.29, 1.82) is 5.41 Å². The molecule has 92 valence electrons. The predicted molar refractivity (Wildman–Crippen MR) is 69.6 cm³/mol. The Balaban J connectivity index is 2.17. The van der Waals surface area contributed by atoms with Crippen molar-refractivity contribution in [2.45, 2.75) is 13.0 Å². The van der Waals surface area contributed by atoms with E-state index in [1.165, 1.54) is 0 Å². The van der Waals surface area contributed by atoms with Crippen LogP contribution in [-0.2, 0) is 0 Å². The third-order valence-corrected chi connectivity index (χ3v) is 3.34. The molecule has 1 unspecified atom stereocenters. The number of nitrogen functional groups attached to an aromatic ring is 1. The van der Waals surface area contributed by atoms with Gasteiger partial charge in [-0.25, -0.2) is 4.98 Å². The van der Waals surface area contributed by atoms with E-state index in [1.807, 2.05) is 6.07 Å². The quantitative estimate of drug-likeness (QED) is 0.577. The Morgan fingerprint density at radius 2 is 2.29 bits per heavy atom. The van der Waals surface area contributed by atoms with Crippen LogP contribution < -0.4 is 10.6 Å². The molecule has 1 fully saturated rings. The van der Waals surface area contributed by atoms with Crippen molar-refractivity contribution in [3.05, 3.63) is 23.9 Å². The Kier molecular flexibility index (Phi) is 3.28. The highest BCUT2D eigenvalue weighted by Crippen LogP contribution is 2.16. The van der Waals surface area contributed by atoms with Gasteiger partial charge in [0, 0.05) is 37.4 Å². The maximum absolute atomic E-state index is 7.44. The summed E-state index contributed by atoms with van der Waals surface area (Å²) in [6.07, 6.45) is 1.72. The fraction of sp³-hybridized carbons (Fsp3) is 0.500. The first-order valence-corrected chi connectivity index (χ1v) is 5.83. The molecule has 3 N–H and O–H groups in total. The van der Waals surface area contributed by atoms with E-state index in [0.29, 0.717) is 6.04 Å². The number of amidine groups is 1. The Morgan fingerprint density at radius 1 is 1.53 bits per heavy atom. The molecule has 0 saturated carbocycles. The fourth-order valence-corrected chi connectivity index (χ4v) is 2.02. The summed E-state index contributed by atoms with van der Waals surface area (Å²) in [5.41, 5.74) is 6.23. The first kappa shape index (κ1) is 11.9. The highest BCUT2D eigenvalue weighted by atomic mass is 15.3. The number of rotatable bonds is 2. The van der Waals surface area contributed by atoms with Crippen molar-refractivity contribution in [2.75, 3.05) is 31.6 Å². The van der Waals surface area contributed by atoms with E-state index in [4.69, 9.17) is 11.1 Å². The van der Waals surface area contributed by atoms with Gasteiger partial charge >= 0.3 is 0 Å². The van der Waals surface area contributed by atoms with Crippen LogP contribution in [-0.4, -0.2) is 48.4 Å². The van der Waals surface area contributed by atoms with Gasteiger partial charge in [0.2, 0.25) is 0 Å². The summed E-state index contributed by atoms with van der Waals surface area (Å²) < 4.78 is 0. The number of nitrogens with zero attached hydrogens (tertiary/aromatic N) is 3. The minimum atomic E-state index is 0.0934. The van der Waals surface area contributed by atoms with Crippen molar-refractivity contribution in [3.8, 4) is 0 Å². The van der Waals surface area contributed by atoms with Crippen LogP contribution in [0.5, 0.6) is 0 Å². The molecular weight excluding hydrogens is 214 g/mol. The van der Waals surface area contributed by atoms with Crippen molar-refractivity contribution in [1.82, 2.24) is 9.88 Å². The molecule has 5 heteroatoms. The van der Waals surface area contributed by atoms with Crippen molar-refractivity contribution >= 4 is 11.7 Å². The molecule has 1 aromatic rings. The van der Waals surface area contributed by atoms with E-state index >= 15 is 0 Å². The lowest BCUT2D eigenvalue weighted by Crippen LogP contribution is -2.50. The molecule has 1 aromatic heterocycles. The topological polar surface area (TPSA) is 69.2 Å². The van der Waals surface area contributed by atoms with Crippen LogP contribution in [0.1, 0.15) is 12.5 Å². The minimum Gasteiger partial charge on any atom is -0.384 e. The number of aromatic nitrogens is 1. The summed E-state index contributed by atoms with van der Waals surface area (Å²) in [5, 5.41) is 7.44. The number of anilines is 1. The van der Waals surface area contributed by atoms with Gasteiger partial charge in [-0.3, -0.25) is 5.41 Å². The summed E-state index contributed by atoms with van der Waals surface area (Å²) in [6.45, 7) is 5.17. The second-order valence-electron chi connectivity index (χ2n) is 4.59. The average Bonchev–Trinajstić information content (AvgIpc) is 2.33. The molecule has 1 aliphatic rings. The standard InChI is InChI=1S/C12H19N5/c1-9-8-17(6-5-16(9)2)11-7-10(12(13)14)3-4-15-11/h3-4,7,9H,5-6,8H2,1-2H3,(H3,13,14). The largest absolute Gasteiger partial charge is 0.384 e. The number of hydrogen-bond donors (Lipinski definition) is 2. The summed E-state index contributed by atoms with van der Waals surface area (Å²) >= 11 is 0. The lowest BCUT2D eigenvalue weighted by Gasteiger charge is -2.38. The lowest BCUT2D eigenvalue weighted by atomic mass is 10.2. The van der Waals surface area contributed by atoms with E-state index in [2.05, 4.69) is 28.8 Å². The maximum Gasteiger partial charge on any atom is 0.129 e. The van der Waals surface area contributed by atoms with E-state index in [1.54, 1.807) is 12.3 Å². The van der Waals surface area contributed by atoms with Crippen molar-refractivity contribution in [3.63, 3.8) is 0 Å². The van der Waals surface area contributed by atoms with Gasteiger partial charge < -0.3 is 15.5 Å². The van der Waals surface area contributed by atoms with Gasteiger partial charge in [-0.05, 0) is 26.1 Å². The van der Waals surface area contributed by atoms with Crippen LogP contribution in [0.25, 0.3) is 0 Å². The van der Waals surface area contributed by atoms with Gasteiger partial charge in [-0.2, -0.15) is 0 Å². The van der Waals surface area contributed by atoms with Crippen molar-refractivity contribution in [2.24, 2.45) is 5.73 Å². The molecule has 2 rings (SSSR count). The van der Waals surface area contributed by atoms with Gasteiger partial charge in [0.25, 0.3) is 0 Å². The summed E-state index contributed by atoms with van der Waals surface area (Å²) in [6, 6.07) is 4.18. The number of likely N-dealkylation sites (N-methyl/N-ethyl adjacent to an activating group) is 1. The second kappa shape index (κ2) is 4.71. The molecule has 5 nitrogen and oxygen atoms in total. The molecule has 0 aromatic carbocycles. The molecule has 17 heavy (non-hydrogen) atoms. The fourth-order valence-electron chi connectivity index (χ4n) is 2.02. The van der Waals surface area contributed by atoms with Crippen LogP contribution in [0.2, 0.25) is 0 Å². The zero-order valence-electron chi connectivity index (χ0n) is 10.3. The monoisotopic (exact) mass is 233 g/mol. The number of piperazine rings is 1. The molecule has 0 bridgehead atoms. The third kappa shape index (κ3) is 2.55. The highest BCUT2D eigenvalue weighted by molar-refractivity contribution is 5.95. The normalized spacial score (nSPS) is 21.5. The van der Waals surface area contributed by atoms with Crippen LogP contribution in [0.4, 0.5) is 5.82 Å². The Labute approximate surface area is 102 Å². The molecular formula is C12H19N5. The summed E-state index contributed by atoms with van der Waals surface area (Å²) in [5.74, 6) is 1.01. The third-order valence-electron chi connectivity index (χ3n) is 3.34. The number of hydrogen-bond acceptors (Lipinski definition) is 4. The summed E-state index contributed by atoms with van der Waals surface area (Å²) in [7, 11) is 2.14. The molecule has 0 aliphatic carbocycles. The zero-order valence-corrected chi connectivity index (χ0v) is 10.3. The smallest absolute Gasteiger partial charge is 0.129 e. The molecule has 0 amide bonds. The van der Waals surface area contributed by atoms with Crippen LogP contribution in [0, 0.1) is 5.41 Å². The van der Waals surface area contributed by atoms with E-state index in [9.17, 15) is 0 Å². The predicted octanol–water partition coefficient (Wildman–Crippen LogP) is 0.506. The Morgan fingerprint density at radius 3 is 2.94 bits per heavy atom. The van der Waals surface area contributed by atoms with E-state index in [0.717, 1.165) is 31.0 Å². The highest BCUT2D eigenvalue weighted by Gasteiger charge is 2.21. The molecule has 1 saturated heterocycles. The van der Waals surface area contributed by atoms with Gasteiger partial charge in [0.1, 0.15) is 11.7 Å². The molecule has 2 heterocycles. The summed E-state index contributed by atoms with van der Waals surface area (Å²) in [4.78, 5) is 8.95. The van der Waals surface area contributed by atoms with Gasteiger partial charge in [0.15, 0.2) is 0 Å².